The van der Waals surface area contributed by atoms with E-state index in [1.54, 1.807) is 0 Å². The summed E-state index contributed by atoms with van der Waals surface area (Å²) >= 11 is 0. The van der Waals surface area contributed by atoms with Gasteiger partial charge in [-0.1, -0.05) is 6.07 Å². The quantitative estimate of drug-likeness (QED) is 0.315. The number of carbonyl (C=O) groups is 2. The molecule has 192 valence electrons. The number of nitrogens with zero attached hydrogens (tertiary/aromatic N) is 1. The Labute approximate surface area is 195 Å². The number of hydrogen-bond donors (Lipinski definition) is 1. The standard InChI is InChI=1S/C21H21F5N2O7/c1-32-14(33-2)9-28-8-12(16(29)17(34-3)15(28)20(31)35-4)19(30)27-18(21(24,25)26)11-6-5-10(22)7-13(11)23/h5-8,14,18H,9H2,1-4H3,(H,27,30)/t18-/m0/s1. The third kappa shape index (κ3) is 6.14. The largest absolute Gasteiger partial charge is 0.491 e. The highest BCUT2D eigenvalue weighted by molar-refractivity contribution is 5.97. The van der Waals surface area contributed by atoms with Crippen LogP contribution >= 0.6 is 0 Å². The van der Waals surface area contributed by atoms with Crippen LogP contribution in [0.3, 0.4) is 0 Å². The summed E-state index contributed by atoms with van der Waals surface area (Å²) in [6.45, 7) is -0.316. The van der Waals surface area contributed by atoms with Crippen molar-refractivity contribution in [2.45, 2.75) is 25.1 Å². The molecule has 0 saturated carbocycles. The predicted octanol–water partition coefficient (Wildman–Crippen LogP) is 2.57. The van der Waals surface area contributed by atoms with E-state index in [0.717, 1.165) is 25.0 Å². The van der Waals surface area contributed by atoms with E-state index in [9.17, 15) is 36.3 Å². The van der Waals surface area contributed by atoms with Crippen LogP contribution in [0.15, 0.2) is 29.2 Å². The molecule has 0 aliphatic heterocycles. The van der Waals surface area contributed by atoms with Crippen LogP contribution in [-0.2, 0) is 20.8 Å². The molecule has 0 unspecified atom stereocenters. The number of aromatic nitrogens is 1. The summed E-state index contributed by atoms with van der Waals surface area (Å²) in [5.74, 6) is -6.02. The molecule has 2 aromatic rings. The zero-order valence-electron chi connectivity index (χ0n) is 18.9. The first kappa shape index (κ1) is 27.7. The summed E-state index contributed by atoms with van der Waals surface area (Å²) in [6, 6.07) is -1.61. The maximum absolute atomic E-state index is 14.1. The summed E-state index contributed by atoms with van der Waals surface area (Å²) in [4.78, 5) is 38.0. The number of alkyl halides is 3. The van der Waals surface area contributed by atoms with Crippen LogP contribution in [0, 0.1) is 11.6 Å². The minimum atomic E-state index is -5.22. The molecule has 1 heterocycles. The lowest BCUT2D eigenvalue weighted by Gasteiger charge is -2.24. The minimum absolute atomic E-state index is 0.219. The molecular formula is C21H21F5N2O7. The number of halogens is 5. The second-order valence-electron chi connectivity index (χ2n) is 6.91. The molecule has 1 aromatic carbocycles. The molecule has 0 bridgehead atoms. The highest BCUT2D eigenvalue weighted by Gasteiger charge is 2.44. The Hall–Kier alpha value is -3.52. The van der Waals surface area contributed by atoms with Gasteiger partial charge in [-0.3, -0.25) is 9.59 Å². The van der Waals surface area contributed by atoms with Crippen LogP contribution in [0.25, 0.3) is 0 Å². The molecule has 0 saturated heterocycles. The van der Waals surface area contributed by atoms with Gasteiger partial charge in [0, 0.05) is 32.0 Å². The first-order valence-corrected chi connectivity index (χ1v) is 9.67. The number of pyridine rings is 1. The second kappa shape index (κ2) is 11.3. The van der Waals surface area contributed by atoms with Gasteiger partial charge in [0.1, 0.15) is 17.2 Å². The maximum Gasteiger partial charge on any atom is 0.412 e. The number of rotatable bonds is 9. The number of nitrogens with one attached hydrogen (secondary N) is 1. The molecule has 0 aliphatic carbocycles. The monoisotopic (exact) mass is 508 g/mol. The molecule has 0 radical (unpaired) electrons. The van der Waals surface area contributed by atoms with E-state index in [2.05, 4.69) is 4.74 Å². The summed E-state index contributed by atoms with van der Waals surface area (Å²) in [5.41, 5.74) is -3.66. The SMILES string of the molecule is COC(=O)c1c(OC)c(=O)c(C(=O)N[C@@H](c2ccc(F)cc2F)C(F)(F)F)cn1CC(OC)OC. The predicted molar refractivity (Wildman–Crippen MR) is 109 cm³/mol. The molecule has 1 N–H and O–H groups in total. The Balaban J connectivity index is 2.65. The van der Waals surface area contributed by atoms with Crippen LogP contribution in [0.4, 0.5) is 22.0 Å². The molecule has 1 amide bonds. The number of hydrogen-bond acceptors (Lipinski definition) is 7. The minimum Gasteiger partial charge on any atom is -0.491 e. The van der Waals surface area contributed by atoms with Gasteiger partial charge in [0.05, 0.1) is 20.8 Å². The molecule has 1 atom stereocenters. The number of carbonyl (C=O) groups excluding carboxylic acids is 2. The zero-order valence-corrected chi connectivity index (χ0v) is 18.9. The van der Waals surface area contributed by atoms with E-state index in [4.69, 9.17) is 14.2 Å². The molecule has 14 heteroatoms. The summed E-state index contributed by atoms with van der Waals surface area (Å²) in [7, 11) is 4.51. The lowest BCUT2D eigenvalue weighted by molar-refractivity contribution is -0.155. The van der Waals surface area contributed by atoms with Crippen molar-refractivity contribution in [1.29, 1.82) is 0 Å². The van der Waals surface area contributed by atoms with E-state index in [1.807, 2.05) is 0 Å². The first-order chi connectivity index (χ1) is 16.4. The fraction of sp³-hybridized carbons (Fsp3) is 0.381. The Morgan fingerprint density at radius 2 is 1.71 bits per heavy atom. The molecule has 1 aromatic heterocycles. The Kier molecular flexibility index (Phi) is 8.93. The van der Waals surface area contributed by atoms with E-state index in [1.165, 1.54) is 19.5 Å². The Morgan fingerprint density at radius 1 is 1.09 bits per heavy atom. The molecule has 2 rings (SSSR count). The third-order valence-corrected chi connectivity index (χ3v) is 4.81. The van der Waals surface area contributed by atoms with Crippen LogP contribution in [0.2, 0.25) is 0 Å². The van der Waals surface area contributed by atoms with Crippen molar-refractivity contribution in [3.8, 4) is 5.75 Å². The van der Waals surface area contributed by atoms with Crippen molar-refractivity contribution in [2.75, 3.05) is 28.4 Å². The average Bonchev–Trinajstić information content (AvgIpc) is 2.80. The Bertz CT molecular complexity index is 1150. The molecular weight excluding hydrogens is 487 g/mol. The molecule has 35 heavy (non-hydrogen) atoms. The molecule has 0 spiro atoms. The van der Waals surface area contributed by atoms with Gasteiger partial charge in [-0.25, -0.2) is 13.6 Å². The summed E-state index contributed by atoms with van der Waals surface area (Å²) < 4.78 is 89.0. The van der Waals surface area contributed by atoms with E-state index in [-0.39, 0.29) is 12.6 Å². The van der Waals surface area contributed by atoms with Crippen molar-refractivity contribution in [3.63, 3.8) is 0 Å². The highest BCUT2D eigenvalue weighted by atomic mass is 19.4. The topological polar surface area (TPSA) is 105 Å². The summed E-state index contributed by atoms with van der Waals surface area (Å²) in [6.07, 6.45) is -5.45. The summed E-state index contributed by atoms with van der Waals surface area (Å²) in [5, 5.41) is 1.54. The van der Waals surface area contributed by atoms with Crippen LogP contribution in [-0.4, -0.2) is 57.3 Å². The van der Waals surface area contributed by atoms with Crippen LogP contribution < -0.4 is 15.5 Å². The fourth-order valence-electron chi connectivity index (χ4n) is 3.13. The van der Waals surface area contributed by atoms with Gasteiger partial charge < -0.3 is 28.8 Å². The van der Waals surface area contributed by atoms with Gasteiger partial charge in [0.2, 0.25) is 5.43 Å². The highest BCUT2D eigenvalue weighted by Crippen LogP contribution is 2.34. The number of benzene rings is 1. The van der Waals surface area contributed by atoms with Crippen LogP contribution in [0.1, 0.15) is 32.5 Å². The first-order valence-electron chi connectivity index (χ1n) is 9.67. The number of methoxy groups -OCH3 is 4. The zero-order chi connectivity index (χ0) is 26.5. The van der Waals surface area contributed by atoms with Crippen molar-refractivity contribution in [1.82, 2.24) is 9.88 Å². The molecule has 0 aliphatic rings. The van der Waals surface area contributed by atoms with Crippen molar-refractivity contribution in [2.24, 2.45) is 0 Å². The lowest BCUT2D eigenvalue weighted by Crippen LogP contribution is -2.41. The molecule has 9 nitrogen and oxygen atoms in total. The fourth-order valence-corrected chi connectivity index (χ4v) is 3.13. The molecule has 0 fully saturated rings. The normalized spacial score (nSPS) is 12.4. The smallest absolute Gasteiger partial charge is 0.412 e. The van der Waals surface area contributed by atoms with Gasteiger partial charge in [-0.05, 0) is 6.07 Å². The lowest BCUT2D eigenvalue weighted by atomic mass is 10.0. The Morgan fingerprint density at radius 3 is 2.20 bits per heavy atom. The van der Waals surface area contributed by atoms with Gasteiger partial charge in [0.25, 0.3) is 5.91 Å². The number of ether oxygens (including phenoxy) is 4. The maximum atomic E-state index is 14.1. The average molecular weight is 508 g/mol. The van der Waals surface area contributed by atoms with Crippen LogP contribution in [0.5, 0.6) is 5.75 Å². The van der Waals surface area contributed by atoms with E-state index < -0.39 is 70.0 Å². The van der Waals surface area contributed by atoms with Crippen molar-refractivity contribution >= 4 is 11.9 Å². The van der Waals surface area contributed by atoms with Crippen molar-refractivity contribution < 1.29 is 50.5 Å². The van der Waals surface area contributed by atoms with E-state index in [0.29, 0.717) is 12.1 Å². The second-order valence-corrected chi connectivity index (χ2v) is 6.91. The van der Waals surface area contributed by atoms with Gasteiger partial charge in [0.15, 0.2) is 23.8 Å². The number of amides is 1. The van der Waals surface area contributed by atoms with Crippen molar-refractivity contribution in [3.05, 3.63) is 63.1 Å². The van der Waals surface area contributed by atoms with Gasteiger partial charge in [-0.15, -0.1) is 0 Å². The van der Waals surface area contributed by atoms with Gasteiger partial charge >= 0.3 is 12.1 Å². The van der Waals surface area contributed by atoms with E-state index >= 15 is 0 Å². The third-order valence-electron chi connectivity index (χ3n) is 4.81. The number of esters is 1. The van der Waals surface area contributed by atoms with Gasteiger partial charge in [-0.2, -0.15) is 13.2 Å².